The quantitative estimate of drug-likeness (QED) is 0.720. The monoisotopic (exact) mass is 294 g/mol. The van der Waals surface area contributed by atoms with Gasteiger partial charge in [0.05, 0.1) is 11.8 Å². The maximum Gasteiger partial charge on any atom is 0.313 e. The lowest BCUT2D eigenvalue weighted by molar-refractivity contribution is -0.147. The molecule has 0 radical (unpaired) electrons. The Bertz CT molecular complexity index is 471. The Morgan fingerprint density at radius 1 is 1.14 bits per heavy atom. The molecule has 0 amide bonds. The van der Waals surface area contributed by atoms with Crippen molar-refractivity contribution in [2.75, 3.05) is 0 Å². The molecule has 4 nitrogen and oxygen atoms in total. The molecule has 21 heavy (non-hydrogen) atoms. The van der Waals surface area contributed by atoms with E-state index in [-0.39, 0.29) is 29.2 Å². The number of carbonyl (C=O) groups is 2. The van der Waals surface area contributed by atoms with E-state index in [2.05, 4.69) is 13.8 Å². The summed E-state index contributed by atoms with van der Waals surface area (Å²) < 4.78 is 10.8. The first kappa shape index (κ1) is 17.5. The Kier molecular flexibility index (Phi) is 5.76. The molecule has 0 fully saturated rings. The van der Waals surface area contributed by atoms with Crippen molar-refractivity contribution in [1.29, 1.82) is 0 Å². The van der Waals surface area contributed by atoms with E-state index in [0.29, 0.717) is 17.9 Å². The zero-order valence-corrected chi connectivity index (χ0v) is 13.9. The van der Waals surface area contributed by atoms with E-state index in [4.69, 9.17) is 9.47 Å². The van der Waals surface area contributed by atoms with Gasteiger partial charge in [-0.25, -0.2) is 0 Å². The first-order valence-electron chi connectivity index (χ1n) is 7.54. The van der Waals surface area contributed by atoms with Crippen LogP contribution in [0.3, 0.4) is 0 Å². The standard InChI is InChI=1S/C17H26O4/c1-7-17(6)9-8-13(20-15(18)11(2)3)14(10-17)21-16(19)12(4)5/h8-9,11-12H,7,10H2,1-6H3. The van der Waals surface area contributed by atoms with Crippen LogP contribution in [-0.2, 0) is 19.1 Å². The molecule has 4 heteroatoms. The fourth-order valence-electron chi connectivity index (χ4n) is 1.77. The molecule has 1 unspecified atom stereocenters. The van der Waals surface area contributed by atoms with Gasteiger partial charge in [0, 0.05) is 6.42 Å². The maximum atomic E-state index is 11.9. The minimum Gasteiger partial charge on any atom is -0.427 e. The lowest BCUT2D eigenvalue weighted by atomic mass is 9.80. The average molecular weight is 294 g/mol. The predicted octanol–water partition coefficient (Wildman–Crippen LogP) is 3.97. The van der Waals surface area contributed by atoms with Crippen LogP contribution in [0.1, 0.15) is 54.4 Å². The van der Waals surface area contributed by atoms with Gasteiger partial charge in [0.2, 0.25) is 0 Å². The second-order valence-electron chi connectivity index (χ2n) is 6.46. The highest BCUT2D eigenvalue weighted by atomic mass is 16.6. The van der Waals surface area contributed by atoms with Crippen LogP contribution < -0.4 is 0 Å². The second kappa shape index (κ2) is 6.92. The van der Waals surface area contributed by atoms with Crippen molar-refractivity contribution < 1.29 is 19.1 Å². The summed E-state index contributed by atoms with van der Waals surface area (Å²) in [6, 6.07) is 0. The normalized spacial score (nSPS) is 21.9. The molecule has 1 aliphatic rings. The number of rotatable bonds is 5. The maximum absolute atomic E-state index is 11.9. The fraction of sp³-hybridized carbons (Fsp3) is 0.647. The molecule has 0 heterocycles. The van der Waals surface area contributed by atoms with E-state index in [1.807, 2.05) is 6.08 Å². The highest BCUT2D eigenvalue weighted by Gasteiger charge is 2.30. The van der Waals surface area contributed by atoms with Crippen molar-refractivity contribution in [3.63, 3.8) is 0 Å². The highest BCUT2D eigenvalue weighted by molar-refractivity contribution is 5.74. The Morgan fingerprint density at radius 2 is 1.67 bits per heavy atom. The van der Waals surface area contributed by atoms with Crippen LogP contribution >= 0.6 is 0 Å². The van der Waals surface area contributed by atoms with Gasteiger partial charge in [-0.1, -0.05) is 47.6 Å². The van der Waals surface area contributed by atoms with Gasteiger partial charge in [0.15, 0.2) is 11.5 Å². The van der Waals surface area contributed by atoms with Crippen molar-refractivity contribution >= 4 is 11.9 Å². The zero-order valence-electron chi connectivity index (χ0n) is 13.9. The number of hydrogen-bond donors (Lipinski definition) is 0. The number of ether oxygens (including phenoxy) is 2. The van der Waals surface area contributed by atoms with Gasteiger partial charge < -0.3 is 9.47 Å². The molecule has 0 saturated carbocycles. The van der Waals surface area contributed by atoms with Gasteiger partial charge in [0.1, 0.15) is 0 Å². The molecular formula is C17H26O4. The number of allylic oxidation sites excluding steroid dienone is 3. The number of hydrogen-bond acceptors (Lipinski definition) is 4. The Labute approximate surface area is 127 Å². The third-order valence-electron chi connectivity index (χ3n) is 3.66. The topological polar surface area (TPSA) is 52.6 Å². The molecule has 1 aliphatic carbocycles. The van der Waals surface area contributed by atoms with Gasteiger partial charge in [-0.05, 0) is 17.9 Å². The summed E-state index contributed by atoms with van der Waals surface area (Å²) in [5.41, 5.74) is -0.0830. The second-order valence-corrected chi connectivity index (χ2v) is 6.46. The average Bonchev–Trinajstić information content (AvgIpc) is 2.41. The smallest absolute Gasteiger partial charge is 0.313 e. The van der Waals surface area contributed by atoms with Gasteiger partial charge in [-0.2, -0.15) is 0 Å². The van der Waals surface area contributed by atoms with Crippen molar-refractivity contribution in [3.05, 3.63) is 23.7 Å². The summed E-state index contributed by atoms with van der Waals surface area (Å²) in [5.74, 6) is -0.279. The molecule has 1 rings (SSSR count). The highest BCUT2D eigenvalue weighted by Crippen LogP contribution is 2.38. The fourth-order valence-corrected chi connectivity index (χ4v) is 1.77. The molecule has 0 saturated heterocycles. The molecule has 0 bridgehead atoms. The zero-order chi connectivity index (χ0) is 16.2. The van der Waals surface area contributed by atoms with E-state index in [0.717, 1.165) is 6.42 Å². The molecule has 118 valence electrons. The van der Waals surface area contributed by atoms with Crippen LogP contribution in [0.4, 0.5) is 0 Å². The molecule has 0 spiro atoms. The first-order chi connectivity index (χ1) is 9.68. The van der Waals surface area contributed by atoms with Crippen molar-refractivity contribution in [2.24, 2.45) is 17.3 Å². The molecule has 0 N–H and O–H groups in total. The van der Waals surface area contributed by atoms with E-state index < -0.39 is 0 Å². The van der Waals surface area contributed by atoms with Crippen molar-refractivity contribution in [1.82, 2.24) is 0 Å². The SMILES string of the molecule is CCC1(C)C=CC(OC(=O)C(C)C)=C(OC(=O)C(C)C)C1. The van der Waals surface area contributed by atoms with Gasteiger partial charge in [-0.15, -0.1) is 0 Å². The molecule has 0 aromatic heterocycles. The minimum absolute atomic E-state index is 0.0830. The number of esters is 2. The lowest BCUT2D eigenvalue weighted by Crippen LogP contribution is -2.23. The summed E-state index contributed by atoms with van der Waals surface area (Å²) in [7, 11) is 0. The van der Waals surface area contributed by atoms with Crippen LogP contribution in [0.2, 0.25) is 0 Å². The Balaban J connectivity index is 3.02. The number of carbonyl (C=O) groups excluding carboxylic acids is 2. The lowest BCUT2D eigenvalue weighted by Gasteiger charge is -2.30. The molecular weight excluding hydrogens is 268 g/mol. The van der Waals surface area contributed by atoms with Gasteiger partial charge in [-0.3, -0.25) is 9.59 Å². The van der Waals surface area contributed by atoms with E-state index in [1.54, 1.807) is 33.8 Å². The van der Waals surface area contributed by atoms with E-state index in [9.17, 15) is 9.59 Å². The minimum atomic E-state index is -0.326. The van der Waals surface area contributed by atoms with Gasteiger partial charge >= 0.3 is 11.9 Å². The Hall–Kier alpha value is -1.58. The predicted molar refractivity (Wildman–Crippen MR) is 81.0 cm³/mol. The molecule has 0 aromatic carbocycles. The van der Waals surface area contributed by atoms with Crippen LogP contribution in [0, 0.1) is 17.3 Å². The van der Waals surface area contributed by atoms with Crippen molar-refractivity contribution in [3.8, 4) is 0 Å². The van der Waals surface area contributed by atoms with Crippen LogP contribution in [0.5, 0.6) is 0 Å². The van der Waals surface area contributed by atoms with Crippen LogP contribution in [-0.4, -0.2) is 11.9 Å². The summed E-state index contributed by atoms with van der Waals surface area (Å²) in [6.07, 6.45) is 5.23. The van der Waals surface area contributed by atoms with E-state index in [1.165, 1.54) is 0 Å². The van der Waals surface area contributed by atoms with Crippen LogP contribution in [0.15, 0.2) is 23.7 Å². The molecule has 1 atom stereocenters. The third-order valence-corrected chi connectivity index (χ3v) is 3.66. The summed E-state index contributed by atoms with van der Waals surface area (Å²) in [6.45, 7) is 11.3. The largest absolute Gasteiger partial charge is 0.427 e. The molecule has 0 aromatic rings. The summed E-state index contributed by atoms with van der Waals surface area (Å²) in [5, 5.41) is 0. The van der Waals surface area contributed by atoms with Gasteiger partial charge in [0.25, 0.3) is 0 Å². The Morgan fingerprint density at radius 3 is 2.14 bits per heavy atom. The van der Waals surface area contributed by atoms with E-state index >= 15 is 0 Å². The third kappa shape index (κ3) is 4.73. The summed E-state index contributed by atoms with van der Waals surface area (Å²) in [4.78, 5) is 23.6. The first-order valence-corrected chi connectivity index (χ1v) is 7.54. The van der Waals surface area contributed by atoms with Crippen LogP contribution in [0.25, 0.3) is 0 Å². The summed E-state index contributed by atoms with van der Waals surface area (Å²) >= 11 is 0. The molecule has 0 aliphatic heterocycles. The van der Waals surface area contributed by atoms with Crippen molar-refractivity contribution in [2.45, 2.75) is 54.4 Å².